The summed E-state index contributed by atoms with van der Waals surface area (Å²) in [7, 11) is 0. The number of nitro groups is 1. The molecule has 1 saturated heterocycles. The maximum atomic E-state index is 12.4. The predicted molar refractivity (Wildman–Crippen MR) is 76.7 cm³/mol. The molecule has 1 aliphatic heterocycles. The predicted octanol–water partition coefficient (Wildman–Crippen LogP) is 2.50. The highest BCUT2D eigenvalue weighted by Gasteiger charge is 2.53. The topological polar surface area (TPSA) is 83.7 Å². The van der Waals surface area contributed by atoms with E-state index in [-0.39, 0.29) is 40.3 Å². The van der Waals surface area contributed by atoms with Gasteiger partial charge in [0.05, 0.1) is 33.6 Å². The van der Waals surface area contributed by atoms with Crippen molar-refractivity contribution in [2.24, 2.45) is 5.92 Å². The standard InChI is InChI=1S/C13H12Cl2N2O4/c14-10-4-8(17(20)21)3-9(11(10)15)12(18)16-5-13(19,6-16)7-1-2-7/h3-4,7,19H,1-2,5-6H2. The molecule has 0 spiro atoms. The van der Waals surface area contributed by atoms with Crippen LogP contribution < -0.4 is 0 Å². The summed E-state index contributed by atoms with van der Waals surface area (Å²) in [5.41, 5.74) is -1.11. The van der Waals surface area contributed by atoms with Crippen LogP contribution in [-0.2, 0) is 0 Å². The Hall–Kier alpha value is -1.37. The van der Waals surface area contributed by atoms with Crippen molar-refractivity contribution in [2.75, 3.05) is 13.1 Å². The third kappa shape index (κ3) is 2.47. The molecule has 8 heteroatoms. The number of non-ortho nitro benzene ring substituents is 1. The van der Waals surface area contributed by atoms with Gasteiger partial charge in [0.15, 0.2) is 0 Å². The molecule has 2 aliphatic rings. The van der Waals surface area contributed by atoms with Gasteiger partial charge in [0.1, 0.15) is 5.60 Å². The first-order valence-corrected chi connectivity index (χ1v) is 7.22. The summed E-state index contributed by atoms with van der Waals surface area (Å²) in [5.74, 6) is -0.193. The highest BCUT2D eigenvalue weighted by atomic mass is 35.5. The Balaban J connectivity index is 1.83. The Kier molecular flexibility index (Phi) is 3.35. The van der Waals surface area contributed by atoms with Gasteiger partial charge < -0.3 is 10.0 Å². The van der Waals surface area contributed by atoms with Crippen LogP contribution in [0.25, 0.3) is 0 Å². The van der Waals surface area contributed by atoms with Crippen molar-refractivity contribution in [1.82, 2.24) is 4.90 Å². The molecule has 1 amide bonds. The van der Waals surface area contributed by atoms with Crippen LogP contribution in [0.2, 0.25) is 10.0 Å². The molecule has 112 valence electrons. The molecule has 1 N–H and O–H groups in total. The third-order valence-corrected chi connectivity index (χ3v) is 4.81. The molecule has 0 aromatic heterocycles. The zero-order chi connectivity index (χ0) is 15.4. The van der Waals surface area contributed by atoms with Crippen molar-refractivity contribution < 1.29 is 14.8 Å². The summed E-state index contributed by atoms with van der Waals surface area (Å²) in [6, 6.07) is 2.22. The van der Waals surface area contributed by atoms with Gasteiger partial charge in [0, 0.05) is 12.1 Å². The monoisotopic (exact) mass is 330 g/mol. The van der Waals surface area contributed by atoms with Crippen LogP contribution in [0.15, 0.2) is 12.1 Å². The maximum Gasteiger partial charge on any atom is 0.271 e. The lowest BCUT2D eigenvalue weighted by atomic mass is 9.88. The number of aliphatic hydroxyl groups is 1. The molecule has 21 heavy (non-hydrogen) atoms. The number of halogens is 2. The number of hydrogen-bond acceptors (Lipinski definition) is 4. The van der Waals surface area contributed by atoms with Gasteiger partial charge in [-0.2, -0.15) is 0 Å². The van der Waals surface area contributed by atoms with Crippen molar-refractivity contribution in [2.45, 2.75) is 18.4 Å². The smallest absolute Gasteiger partial charge is 0.271 e. The van der Waals surface area contributed by atoms with Gasteiger partial charge in [-0.1, -0.05) is 23.2 Å². The largest absolute Gasteiger partial charge is 0.386 e. The van der Waals surface area contributed by atoms with E-state index in [1.165, 1.54) is 4.90 Å². The first-order valence-electron chi connectivity index (χ1n) is 6.47. The fourth-order valence-corrected chi connectivity index (χ4v) is 3.05. The Morgan fingerprint density at radius 2 is 2.00 bits per heavy atom. The summed E-state index contributed by atoms with van der Waals surface area (Å²) in [6.07, 6.45) is 1.95. The second kappa shape index (κ2) is 4.83. The minimum absolute atomic E-state index is 0.00544. The van der Waals surface area contributed by atoms with E-state index in [0.29, 0.717) is 0 Å². The van der Waals surface area contributed by atoms with Crippen LogP contribution in [0.4, 0.5) is 5.69 Å². The Morgan fingerprint density at radius 3 is 2.52 bits per heavy atom. The highest BCUT2D eigenvalue weighted by molar-refractivity contribution is 6.44. The van der Waals surface area contributed by atoms with Crippen molar-refractivity contribution in [3.05, 3.63) is 37.9 Å². The summed E-state index contributed by atoms with van der Waals surface area (Å²) >= 11 is 11.8. The number of nitrogens with zero attached hydrogens (tertiary/aromatic N) is 2. The second-order valence-electron chi connectivity index (χ2n) is 5.59. The van der Waals surface area contributed by atoms with Gasteiger partial charge in [0.25, 0.3) is 11.6 Å². The van der Waals surface area contributed by atoms with Crippen molar-refractivity contribution in [1.29, 1.82) is 0 Å². The van der Waals surface area contributed by atoms with Crippen LogP contribution in [0.1, 0.15) is 23.2 Å². The molecule has 2 fully saturated rings. The summed E-state index contributed by atoms with van der Waals surface area (Å²) < 4.78 is 0. The molecule has 6 nitrogen and oxygen atoms in total. The quantitative estimate of drug-likeness (QED) is 0.681. The molecule has 1 aromatic carbocycles. The van der Waals surface area contributed by atoms with E-state index in [0.717, 1.165) is 25.0 Å². The molecule has 0 atom stereocenters. The van der Waals surface area contributed by atoms with Gasteiger partial charge in [-0.25, -0.2) is 0 Å². The molecular weight excluding hydrogens is 319 g/mol. The molecule has 1 aromatic rings. The van der Waals surface area contributed by atoms with Crippen LogP contribution in [0, 0.1) is 16.0 Å². The first-order chi connectivity index (χ1) is 9.82. The van der Waals surface area contributed by atoms with Crippen LogP contribution in [0.3, 0.4) is 0 Å². The van der Waals surface area contributed by atoms with Crippen LogP contribution >= 0.6 is 23.2 Å². The van der Waals surface area contributed by atoms with Crippen molar-refractivity contribution in [3.63, 3.8) is 0 Å². The molecule has 0 unspecified atom stereocenters. The lowest BCUT2D eigenvalue weighted by molar-refractivity contribution is -0.384. The Labute approximate surface area is 130 Å². The minimum atomic E-state index is -0.813. The van der Waals surface area contributed by atoms with Gasteiger partial charge in [-0.15, -0.1) is 0 Å². The number of amides is 1. The maximum absolute atomic E-state index is 12.4. The molecule has 1 saturated carbocycles. The van der Waals surface area contributed by atoms with Crippen molar-refractivity contribution in [3.8, 4) is 0 Å². The zero-order valence-electron chi connectivity index (χ0n) is 10.9. The fourth-order valence-electron chi connectivity index (χ4n) is 2.64. The molecule has 0 bridgehead atoms. The summed E-state index contributed by atoms with van der Waals surface area (Å²) in [5, 5.41) is 21.0. The molecular formula is C13H12Cl2N2O4. The first kappa shape index (κ1) is 14.6. The van der Waals surface area contributed by atoms with Crippen LogP contribution in [-0.4, -0.2) is 39.5 Å². The average Bonchev–Trinajstić information content (AvgIpc) is 3.21. The van der Waals surface area contributed by atoms with E-state index in [4.69, 9.17) is 23.2 Å². The summed E-state index contributed by atoms with van der Waals surface area (Å²) in [4.78, 5) is 24.0. The molecule has 1 heterocycles. The van der Waals surface area contributed by atoms with Gasteiger partial charge in [-0.05, 0) is 18.8 Å². The van der Waals surface area contributed by atoms with Crippen molar-refractivity contribution >= 4 is 34.8 Å². The Morgan fingerprint density at radius 1 is 1.38 bits per heavy atom. The van der Waals surface area contributed by atoms with Crippen LogP contribution in [0.5, 0.6) is 0 Å². The lowest BCUT2D eigenvalue weighted by Gasteiger charge is -2.47. The number of likely N-dealkylation sites (tertiary alicyclic amines) is 1. The fraction of sp³-hybridized carbons (Fsp3) is 0.462. The SMILES string of the molecule is O=C(c1cc([N+](=O)[O-])cc(Cl)c1Cl)N1CC(O)(C2CC2)C1. The van der Waals surface area contributed by atoms with Gasteiger partial charge in [-0.3, -0.25) is 14.9 Å². The van der Waals surface area contributed by atoms with E-state index in [9.17, 15) is 20.0 Å². The van der Waals surface area contributed by atoms with E-state index < -0.39 is 16.4 Å². The van der Waals surface area contributed by atoms with E-state index in [1.54, 1.807) is 0 Å². The number of carbonyl (C=O) groups excluding carboxylic acids is 1. The number of nitro benzene ring substituents is 1. The Bertz CT molecular complexity index is 639. The number of hydrogen-bond donors (Lipinski definition) is 1. The molecule has 3 rings (SSSR count). The van der Waals surface area contributed by atoms with E-state index >= 15 is 0 Å². The summed E-state index contributed by atoms with van der Waals surface area (Å²) in [6.45, 7) is 0.459. The highest BCUT2D eigenvalue weighted by Crippen LogP contribution is 2.45. The lowest BCUT2D eigenvalue weighted by Crippen LogP contribution is -2.64. The average molecular weight is 331 g/mol. The van der Waals surface area contributed by atoms with E-state index in [2.05, 4.69) is 0 Å². The number of benzene rings is 1. The number of rotatable bonds is 3. The number of β-amino-alcohol motifs (C(OH)–C–C–N with tert-alkyl or cyclic N) is 1. The van der Waals surface area contributed by atoms with Gasteiger partial charge in [0.2, 0.25) is 0 Å². The van der Waals surface area contributed by atoms with E-state index in [1.807, 2.05) is 0 Å². The number of carbonyl (C=O) groups is 1. The van der Waals surface area contributed by atoms with Gasteiger partial charge >= 0.3 is 0 Å². The zero-order valence-corrected chi connectivity index (χ0v) is 12.4. The molecule has 0 radical (unpaired) electrons. The molecule has 1 aliphatic carbocycles. The third-order valence-electron chi connectivity index (χ3n) is 4.01. The second-order valence-corrected chi connectivity index (χ2v) is 6.37. The normalized spacial score (nSPS) is 20.0. The minimum Gasteiger partial charge on any atom is -0.386 e.